The van der Waals surface area contributed by atoms with E-state index in [2.05, 4.69) is 5.10 Å². The second kappa shape index (κ2) is 6.50. The van der Waals surface area contributed by atoms with E-state index in [0.29, 0.717) is 21.6 Å². The van der Waals surface area contributed by atoms with Crippen molar-refractivity contribution >= 4 is 29.5 Å². The maximum atomic E-state index is 11.2. The fraction of sp³-hybridized carbons (Fsp3) is 0.333. The number of halogens is 2. The Bertz CT molecular complexity index is 653. The van der Waals surface area contributed by atoms with Crippen molar-refractivity contribution < 1.29 is 9.53 Å². The topological polar surface area (TPSA) is 44.1 Å². The van der Waals surface area contributed by atoms with Gasteiger partial charge < -0.3 is 4.74 Å². The number of nitrogens with zero attached hydrogens (tertiary/aromatic N) is 2. The molecule has 0 bridgehead atoms. The minimum atomic E-state index is -0.209. The van der Waals surface area contributed by atoms with Crippen molar-refractivity contribution in [3.05, 3.63) is 45.6 Å². The van der Waals surface area contributed by atoms with Gasteiger partial charge in [0.25, 0.3) is 0 Å². The summed E-state index contributed by atoms with van der Waals surface area (Å²) in [4.78, 5) is 11.2. The average Bonchev–Trinajstić information content (AvgIpc) is 2.80. The maximum absolute atomic E-state index is 11.2. The first kappa shape index (κ1) is 15.9. The lowest BCUT2D eigenvalue weighted by molar-refractivity contribution is 0.111. The molecule has 2 rings (SSSR count). The molecule has 1 aromatic heterocycles. The van der Waals surface area contributed by atoms with Crippen LogP contribution >= 0.6 is 23.2 Å². The molecule has 1 aromatic carbocycles. The fourth-order valence-electron chi connectivity index (χ4n) is 2.05. The molecule has 0 N–H and O–H groups in total. The molecule has 1 heterocycles. The molecule has 0 aliphatic heterocycles. The molecule has 0 amide bonds. The van der Waals surface area contributed by atoms with Gasteiger partial charge in [-0.1, -0.05) is 29.3 Å². The Kier molecular flexibility index (Phi) is 4.91. The fourth-order valence-corrected chi connectivity index (χ4v) is 2.62. The number of aromatic nitrogens is 2. The van der Waals surface area contributed by atoms with Crippen LogP contribution in [0.2, 0.25) is 10.0 Å². The first-order chi connectivity index (χ1) is 9.92. The molecule has 0 spiro atoms. The number of hydrogen-bond acceptors (Lipinski definition) is 3. The van der Waals surface area contributed by atoms with E-state index in [0.717, 1.165) is 11.8 Å². The molecule has 1 atom stereocenters. The summed E-state index contributed by atoms with van der Waals surface area (Å²) in [6.45, 7) is 5.71. The van der Waals surface area contributed by atoms with Gasteiger partial charge in [-0.2, -0.15) is 0 Å². The van der Waals surface area contributed by atoms with E-state index in [1.165, 1.54) is 0 Å². The third kappa shape index (κ3) is 3.57. The molecule has 112 valence electrons. The zero-order chi connectivity index (χ0) is 15.6. The second-order valence-electron chi connectivity index (χ2n) is 4.98. The lowest BCUT2D eigenvalue weighted by Crippen LogP contribution is -2.13. The number of aldehydes is 1. The van der Waals surface area contributed by atoms with Crippen LogP contribution in [0.4, 0.5) is 0 Å². The van der Waals surface area contributed by atoms with Crippen LogP contribution in [0.1, 0.15) is 42.9 Å². The quantitative estimate of drug-likeness (QED) is 0.765. The molecule has 0 aliphatic rings. The minimum absolute atomic E-state index is 0.0118. The standard InChI is InChI=1S/C15H16Cl2N2O2/c1-9(2)21-15-7-12(8-20)19(18-15)10(3)13-5-4-11(16)6-14(13)17/h4-10H,1-3H3. The summed E-state index contributed by atoms with van der Waals surface area (Å²) in [5.74, 6) is 0.420. The van der Waals surface area contributed by atoms with Crippen LogP contribution in [0.3, 0.4) is 0 Å². The minimum Gasteiger partial charge on any atom is -0.474 e. The largest absolute Gasteiger partial charge is 0.474 e. The first-order valence-corrected chi connectivity index (χ1v) is 7.34. The van der Waals surface area contributed by atoms with Crippen molar-refractivity contribution in [1.82, 2.24) is 9.78 Å². The van der Waals surface area contributed by atoms with Crippen LogP contribution in [-0.4, -0.2) is 22.2 Å². The third-order valence-electron chi connectivity index (χ3n) is 3.00. The second-order valence-corrected chi connectivity index (χ2v) is 5.82. The lowest BCUT2D eigenvalue weighted by Gasteiger charge is -2.16. The van der Waals surface area contributed by atoms with Gasteiger partial charge in [0, 0.05) is 16.1 Å². The smallest absolute Gasteiger partial charge is 0.233 e. The van der Waals surface area contributed by atoms with Crippen LogP contribution < -0.4 is 4.74 Å². The summed E-state index contributed by atoms with van der Waals surface area (Å²) in [7, 11) is 0. The number of benzene rings is 1. The Morgan fingerprint density at radius 1 is 1.24 bits per heavy atom. The van der Waals surface area contributed by atoms with Gasteiger partial charge >= 0.3 is 0 Å². The number of carbonyl (C=O) groups is 1. The lowest BCUT2D eigenvalue weighted by atomic mass is 10.1. The van der Waals surface area contributed by atoms with Crippen LogP contribution in [0.5, 0.6) is 5.88 Å². The highest BCUT2D eigenvalue weighted by atomic mass is 35.5. The van der Waals surface area contributed by atoms with Crippen LogP contribution in [-0.2, 0) is 0 Å². The van der Waals surface area contributed by atoms with Crippen molar-refractivity contribution in [3.63, 3.8) is 0 Å². The van der Waals surface area contributed by atoms with Crippen LogP contribution in [0.15, 0.2) is 24.3 Å². The van der Waals surface area contributed by atoms with E-state index in [4.69, 9.17) is 27.9 Å². The number of carbonyl (C=O) groups excluding carboxylic acids is 1. The van der Waals surface area contributed by atoms with Crippen molar-refractivity contribution in [1.29, 1.82) is 0 Å². The van der Waals surface area contributed by atoms with Gasteiger partial charge in [-0.15, -0.1) is 5.10 Å². The van der Waals surface area contributed by atoms with E-state index in [1.807, 2.05) is 26.8 Å². The van der Waals surface area contributed by atoms with Crippen molar-refractivity contribution in [2.45, 2.75) is 32.9 Å². The van der Waals surface area contributed by atoms with Gasteiger partial charge in [0.05, 0.1) is 12.1 Å². The first-order valence-electron chi connectivity index (χ1n) is 6.58. The summed E-state index contributed by atoms with van der Waals surface area (Å²) in [5.41, 5.74) is 1.27. The molecular weight excluding hydrogens is 311 g/mol. The Balaban J connectivity index is 2.39. The van der Waals surface area contributed by atoms with Gasteiger partial charge in [-0.25, -0.2) is 0 Å². The Morgan fingerprint density at radius 3 is 2.52 bits per heavy atom. The van der Waals surface area contributed by atoms with Gasteiger partial charge in [0.15, 0.2) is 6.29 Å². The van der Waals surface area contributed by atoms with Gasteiger partial charge in [-0.05, 0) is 38.5 Å². The number of hydrogen-bond donors (Lipinski definition) is 0. The van der Waals surface area contributed by atoms with Crippen LogP contribution in [0, 0.1) is 0 Å². The Morgan fingerprint density at radius 2 is 1.95 bits per heavy atom. The summed E-state index contributed by atoms with van der Waals surface area (Å²) < 4.78 is 7.12. The highest BCUT2D eigenvalue weighted by Crippen LogP contribution is 2.29. The van der Waals surface area contributed by atoms with E-state index in [-0.39, 0.29) is 12.1 Å². The summed E-state index contributed by atoms with van der Waals surface area (Å²) in [5, 5.41) is 5.43. The highest BCUT2D eigenvalue weighted by Gasteiger charge is 2.18. The molecule has 0 aliphatic carbocycles. The average molecular weight is 327 g/mol. The van der Waals surface area contributed by atoms with Gasteiger partial charge in [-0.3, -0.25) is 9.48 Å². The molecule has 21 heavy (non-hydrogen) atoms. The zero-order valence-electron chi connectivity index (χ0n) is 12.0. The number of rotatable bonds is 5. The molecular formula is C15H16Cl2N2O2. The Labute approximate surface area is 133 Å². The Hall–Kier alpha value is -1.52. The highest BCUT2D eigenvalue weighted by molar-refractivity contribution is 6.35. The molecule has 0 saturated heterocycles. The van der Waals surface area contributed by atoms with Crippen molar-refractivity contribution in [2.24, 2.45) is 0 Å². The van der Waals surface area contributed by atoms with E-state index in [9.17, 15) is 4.79 Å². The van der Waals surface area contributed by atoms with Crippen LogP contribution in [0.25, 0.3) is 0 Å². The van der Waals surface area contributed by atoms with E-state index in [1.54, 1.807) is 22.9 Å². The third-order valence-corrected chi connectivity index (χ3v) is 3.56. The normalized spacial score (nSPS) is 12.5. The number of ether oxygens (including phenoxy) is 1. The predicted octanol–water partition coefficient (Wildman–Crippen LogP) is 4.40. The zero-order valence-corrected chi connectivity index (χ0v) is 13.5. The SMILES string of the molecule is CC(C)Oc1cc(C=O)n(C(C)c2ccc(Cl)cc2Cl)n1. The monoisotopic (exact) mass is 326 g/mol. The summed E-state index contributed by atoms with van der Waals surface area (Å²) >= 11 is 12.1. The predicted molar refractivity (Wildman–Crippen MR) is 83.7 cm³/mol. The molecule has 0 radical (unpaired) electrons. The van der Waals surface area contributed by atoms with Gasteiger partial charge in [0.1, 0.15) is 5.69 Å². The van der Waals surface area contributed by atoms with Crippen molar-refractivity contribution in [3.8, 4) is 5.88 Å². The summed E-state index contributed by atoms with van der Waals surface area (Å²) in [6.07, 6.45) is 0.739. The van der Waals surface area contributed by atoms with E-state index >= 15 is 0 Å². The molecule has 2 aromatic rings. The molecule has 1 unspecified atom stereocenters. The maximum Gasteiger partial charge on any atom is 0.233 e. The molecule has 6 heteroatoms. The molecule has 0 fully saturated rings. The molecule has 4 nitrogen and oxygen atoms in total. The van der Waals surface area contributed by atoms with Crippen molar-refractivity contribution in [2.75, 3.05) is 0 Å². The van der Waals surface area contributed by atoms with Gasteiger partial charge in [0.2, 0.25) is 5.88 Å². The summed E-state index contributed by atoms with van der Waals surface area (Å²) in [6, 6.07) is 6.67. The molecule has 0 saturated carbocycles. The van der Waals surface area contributed by atoms with E-state index < -0.39 is 0 Å².